The van der Waals surface area contributed by atoms with Crippen molar-refractivity contribution in [3.05, 3.63) is 0 Å². The van der Waals surface area contributed by atoms with Gasteiger partial charge in [-0.05, 0) is 5.75 Å². The first kappa shape index (κ1) is 13.2. The van der Waals surface area contributed by atoms with E-state index in [2.05, 4.69) is 12.6 Å². The molecular weight excluding hydrogens is 204 g/mol. The van der Waals surface area contributed by atoms with Gasteiger partial charge in [-0.15, -0.1) is 0 Å². The SMILES string of the molecule is NCCN(CCC(=O)O)C(=O)CCS. The summed E-state index contributed by atoms with van der Waals surface area (Å²) in [6.07, 6.45) is 0.279. The van der Waals surface area contributed by atoms with Crippen LogP contribution in [0.3, 0.4) is 0 Å². The predicted octanol–water partition coefficient (Wildman–Crippen LogP) is -0.432. The van der Waals surface area contributed by atoms with E-state index in [1.165, 1.54) is 4.90 Å². The van der Waals surface area contributed by atoms with Crippen molar-refractivity contribution in [3.8, 4) is 0 Å². The summed E-state index contributed by atoms with van der Waals surface area (Å²) in [6.45, 7) is 0.969. The van der Waals surface area contributed by atoms with Gasteiger partial charge in [0.05, 0.1) is 6.42 Å². The Labute approximate surface area is 88.7 Å². The lowest BCUT2D eigenvalue weighted by atomic mass is 10.3. The molecule has 0 atom stereocenters. The van der Waals surface area contributed by atoms with Crippen LogP contribution in [0, 0.1) is 0 Å². The highest BCUT2D eigenvalue weighted by atomic mass is 32.1. The van der Waals surface area contributed by atoms with Gasteiger partial charge in [-0.1, -0.05) is 0 Å². The molecule has 0 heterocycles. The molecule has 82 valence electrons. The van der Waals surface area contributed by atoms with E-state index in [0.717, 1.165) is 0 Å². The highest BCUT2D eigenvalue weighted by Gasteiger charge is 2.12. The van der Waals surface area contributed by atoms with Gasteiger partial charge in [-0.2, -0.15) is 12.6 Å². The number of carboxylic acid groups (broad SMARTS) is 1. The number of hydrogen-bond acceptors (Lipinski definition) is 4. The minimum Gasteiger partial charge on any atom is -0.481 e. The Morgan fingerprint density at radius 3 is 2.36 bits per heavy atom. The van der Waals surface area contributed by atoms with E-state index in [-0.39, 0.29) is 18.9 Å². The van der Waals surface area contributed by atoms with Gasteiger partial charge < -0.3 is 15.7 Å². The summed E-state index contributed by atoms with van der Waals surface area (Å²) in [4.78, 5) is 23.1. The lowest BCUT2D eigenvalue weighted by Crippen LogP contribution is -2.37. The van der Waals surface area contributed by atoms with Gasteiger partial charge in [-0.25, -0.2) is 0 Å². The molecule has 0 aliphatic heterocycles. The maximum absolute atomic E-state index is 11.4. The smallest absolute Gasteiger partial charge is 0.305 e. The van der Waals surface area contributed by atoms with Gasteiger partial charge in [0.2, 0.25) is 5.91 Å². The minimum absolute atomic E-state index is 0.0433. The van der Waals surface area contributed by atoms with Crippen LogP contribution in [-0.2, 0) is 9.59 Å². The van der Waals surface area contributed by atoms with Crippen molar-refractivity contribution >= 4 is 24.5 Å². The number of nitrogens with zero attached hydrogens (tertiary/aromatic N) is 1. The number of nitrogens with two attached hydrogens (primary N) is 1. The van der Waals surface area contributed by atoms with Crippen molar-refractivity contribution in [3.63, 3.8) is 0 Å². The molecule has 0 spiro atoms. The number of amides is 1. The third-order valence-corrected chi connectivity index (χ3v) is 1.90. The van der Waals surface area contributed by atoms with Crippen LogP contribution in [0.5, 0.6) is 0 Å². The average Bonchev–Trinajstić information content (AvgIpc) is 2.12. The van der Waals surface area contributed by atoms with Crippen molar-refractivity contribution in [1.82, 2.24) is 4.90 Å². The van der Waals surface area contributed by atoms with Crippen LogP contribution in [0.15, 0.2) is 0 Å². The molecule has 1 amide bonds. The molecule has 0 bridgehead atoms. The molecular formula is C8H16N2O3S. The molecule has 0 aliphatic carbocycles. The van der Waals surface area contributed by atoms with Gasteiger partial charge in [0.25, 0.3) is 0 Å². The van der Waals surface area contributed by atoms with E-state index in [9.17, 15) is 9.59 Å². The molecule has 0 saturated carbocycles. The van der Waals surface area contributed by atoms with Crippen molar-refractivity contribution in [2.24, 2.45) is 5.73 Å². The van der Waals surface area contributed by atoms with Crippen molar-refractivity contribution < 1.29 is 14.7 Å². The monoisotopic (exact) mass is 220 g/mol. The fraction of sp³-hybridized carbons (Fsp3) is 0.750. The van der Waals surface area contributed by atoms with Gasteiger partial charge in [0.15, 0.2) is 0 Å². The van der Waals surface area contributed by atoms with Crippen LogP contribution in [0.2, 0.25) is 0 Å². The fourth-order valence-electron chi connectivity index (χ4n) is 1.00. The van der Waals surface area contributed by atoms with Crippen LogP contribution in [0.4, 0.5) is 0 Å². The maximum Gasteiger partial charge on any atom is 0.305 e. The Balaban J connectivity index is 3.99. The Bertz CT molecular complexity index is 199. The zero-order valence-electron chi connectivity index (χ0n) is 7.98. The lowest BCUT2D eigenvalue weighted by molar-refractivity contribution is -0.138. The number of thiol groups is 1. The Morgan fingerprint density at radius 1 is 1.29 bits per heavy atom. The van der Waals surface area contributed by atoms with Crippen molar-refractivity contribution in [1.29, 1.82) is 0 Å². The molecule has 0 radical (unpaired) electrons. The Hall–Kier alpha value is -0.750. The molecule has 0 unspecified atom stereocenters. The zero-order chi connectivity index (χ0) is 11.0. The molecule has 0 aromatic rings. The van der Waals surface area contributed by atoms with Crippen molar-refractivity contribution in [2.75, 3.05) is 25.4 Å². The first-order chi connectivity index (χ1) is 6.61. The van der Waals surface area contributed by atoms with Gasteiger partial charge in [0, 0.05) is 26.1 Å². The summed E-state index contributed by atoms with van der Waals surface area (Å²) in [5, 5.41) is 8.46. The van der Waals surface area contributed by atoms with Gasteiger partial charge in [-0.3, -0.25) is 9.59 Å². The molecule has 0 saturated heterocycles. The van der Waals surface area contributed by atoms with Crippen molar-refractivity contribution in [2.45, 2.75) is 12.8 Å². The summed E-state index contributed by atoms with van der Waals surface area (Å²) in [5.74, 6) is -0.537. The third-order valence-electron chi connectivity index (χ3n) is 1.67. The summed E-state index contributed by atoms with van der Waals surface area (Å²) >= 11 is 3.94. The largest absolute Gasteiger partial charge is 0.481 e. The minimum atomic E-state index is -0.911. The van der Waals surface area contributed by atoms with Crippen LogP contribution < -0.4 is 5.73 Å². The molecule has 0 aromatic carbocycles. The van der Waals surface area contributed by atoms with E-state index in [0.29, 0.717) is 25.3 Å². The zero-order valence-corrected chi connectivity index (χ0v) is 8.87. The fourth-order valence-corrected chi connectivity index (χ4v) is 1.19. The van der Waals surface area contributed by atoms with E-state index in [1.54, 1.807) is 0 Å². The first-order valence-corrected chi connectivity index (χ1v) is 5.05. The normalized spacial score (nSPS) is 9.86. The summed E-state index contributed by atoms with van der Waals surface area (Å²) in [5.41, 5.74) is 5.31. The number of rotatable bonds is 7. The quantitative estimate of drug-likeness (QED) is 0.508. The molecule has 0 aliphatic rings. The molecule has 5 nitrogen and oxygen atoms in total. The van der Waals surface area contributed by atoms with E-state index < -0.39 is 5.97 Å². The van der Waals surface area contributed by atoms with Crippen LogP contribution in [0.1, 0.15) is 12.8 Å². The molecule has 0 fully saturated rings. The standard InChI is InChI=1S/C8H16N2O3S/c9-3-5-10(4-1-8(12)13)7(11)2-6-14/h14H,1-6,9H2,(H,12,13). The number of carbonyl (C=O) groups excluding carboxylic acids is 1. The number of aliphatic carboxylic acids is 1. The van der Waals surface area contributed by atoms with Gasteiger partial charge >= 0.3 is 5.97 Å². The second kappa shape index (κ2) is 7.64. The van der Waals surface area contributed by atoms with Crippen LogP contribution in [0.25, 0.3) is 0 Å². The average molecular weight is 220 g/mol. The highest BCUT2D eigenvalue weighted by Crippen LogP contribution is 1.97. The number of hydrogen-bond donors (Lipinski definition) is 3. The van der Waals surface area contributed by atoms with E-state index in [1.807, 2.05) is 0 Å². The van der Waals surface area contributed by atoms with E-state index in [4.69, 9.17) is 10.8 Å². The van der Waals surface area contributed by atoms with Crippen LogP contribution >= 0.6 is 12.6 Å². The van der Waals surface area contributed by atoms with Gasteiger partial charge in [0.1, 0.15) is 0 Å². The summed E-state index contributed by atoms with van der Waals surface area (Å²) < 4.78 is 0. The summed E-state index contributed by atoms with van der Waals surface area (Å²) in [7, 11) is 0. The first-order valence-electron chi connectivity index (χ1n) is 4.42. The molecule has 0 rings (SSSR count). The predicted molar refractivity (Wildman–Crippen MR) is 56.4 cm³/mol. The highest BCUT2D eigenvalue weighted by molar-refractivity contribution is 7.80. The molecule has 6 heteroatoms. The maximum atomic E-state index is 11.4. The number of carbonyl (C=O) groups is 2. The lowest BCUT2D eigenvalue weighted by Gasteiger charge is -2.20. The Morgan fingerprint density at radius 2 is 1.93 bits per heavy atom. The number of carboxylic acids is 1. The third kappa shape index (κ3) is 5.82. The van der Waals surface area contributed by atoms with Crippen LogP contribution in [-0.4, -0.2) is 47.3 Å². The molecule has 14 heavy (non-hydrogen) atoms. The molecule has 0 aromatic heterocycles. The second-order valence-electron chi connectivity index (χ2n) is 2.79. The summed E-state index contributed by atoms with van der Waals surface area (Å²) in [6, 6.07) is 0. The van der Waals surface area contributed by atoms with E-state index >= 15 is 0 Å². The second-order valence-corrected chi connectivity index (χ2v) is 3.23. The Kier molecular flexibility index (Phi) is 7.23. The molecule has 3 N–H and O–H groups in total. The topological polar surface area (TPSA) is 83.6 Å².